The van der Waals surface area contributed by atoms with Crippen LogP contribution in [0, 0.1) is 0 Å². The molecule has 1 amide bonds. The SMILES string of the molecule is O=C(NC(=S)Nc1c(Cl)cc(Cl)cc1Cl)c1sc2cc(Cl)ccc2c1Cl. The van der Waals surface area contributed by atoms with Crippen molar-refractivity contribution in [2.75, 3.05) is 5.32 Å². The summed E-state index contributed by atoms with van der Waals surface area (Å²) in [5.41, 5.74) is 0.345. The second-order valence-electron chi connectivity index (χ2n) is 5.04. The standard InChI is InChI=1S/C16H7Cl5N2OS2/c17-6-1-2-8-11(5-6)26-14(12(8)21)15(24)23-16(25)22-13-9(19)3-7(18)4-10(13)20/h1-5H,(H2,22,23,24,25). The van der Waals surface area contributed by atoms with E-state index in [0.717, 1.165) is 10.1 Å². The Bertz CT molecular complexity index is 1030. The molecule has 1 aromatic heterocycles. The largest absolute Gasteiger partial charge is 0.330 e. The van der Waals surface area contributed by atoms with Gasteiger partial charge in [0, 0.05) is 20.1 Å². The van der Waals surface area contributed by atoms with Gasteiger partial charge >= 0.3 is 0 Å². The first-order chi connectivity index (χ1) is 12.3. The normalized spacial score (nSPS) is 10.8. The van der Waals surface area contributed by atoms with Crippen LogP contribution in [0.4, 0.5) is 5.69 Å². The third-order valence-electron chi connectivity index (χ3n) is 3.27. The number of carbonyl (C=O) groups is 1. The topological polar surface area (TPSA) is 41.1 Å². The molecule has 0 aliphatic heterocycles. The molecular formula is C16H7Cl5N2OS2. The first-order valence-corrected chi connectivity index (χ1v) is 10.0. The van der Waals surface area contributed by atoms with Gasteiger partial charge in [0.05, 0.1) is 20.8 Å². The summed E-state index contributed by atoms with van der Waals surface area (Å²) in [6.45, 7) is 0. The number of carbonyl (C=O) groups excluding carboxylic acids is 1. The van der Waals surface area contributed by atoms with E-state index in [4.69, 9.17) is 70.2 Å². The highest BCUT2D eigenvalue weighted by Crippen LogP contribution is 2.37. The smallest absolute Gasteiger partial charge is 0.269 e. The van der Waals surface area contributed by atoms with Crippen LogP contribution in [0.1, 0.15) is 9.67 Å². The van der Waals surface area contributed by atoms with Crippen molar-refractivity contribution in [1.29, 1.82) is 0 Å². The number of halogens is 5. The number of fused-ring (bicyclic) bond motifs is 1. The van der Waals surface area contributed by atoms with Gasteiger partial charge in [0.1, 0.15) is 4.88 Å². The minimum absolute atomic E-state index is 0.0210. The van der Waals surface area contributed by atoms with Crippen molar-refractivity contribution in [2.24, 2.45) is 0 Å². The summed E-state index contributed by atoms with van der Waals surface area (Å²) in [4.78, 5) is 12.8. The number of nitrogens with one attached hydrogen (secondary N) is 2. The number of thiophene rings is 1. The van der Waals surface area contributed by atoms with Crippen LogP contribution in [-0.2, 0) is 0 Å². The molecule has 0 aliphatic carbocycles. The minimum atomic E-state index is -0.453. The molecule has 0 saturated carbocycles. The molecule has 0 unspecified atom stereocenters. The quantitative estimate of drug-likeness (QED) is 0.375. The van der Waals surface area contributed by atoms with Crippen molar-refractivity contribution in [3.8, 4) is 0 Å². The van der Waals surface area contributed by atoms with Gasteiger partial charge in [-0.1, -0.05) is 64.1 Å². The van der Waals surface area contributed by atoms with Crippen LogP contribution >= 0.6 is 81.6 Å². The summed E-state index contributed by atoms with van der Waals surface area (Å²) in [6.07, 6.45) is 0. The van der Waals surface area contributed by atoms with E-state index >= 15 is 0 Å². The maximum Gasteiger partial charge on any atom is 0.269 e. The van der Waals surface area contributed by atoms with Crippen molar-refractivity contribution < 1.29 is 4.79 Å². The van der Waals surface area contributed by atoms with Crippen molar-refractivity contribution in [1.82, 2.24) is 5.32 Å². The molecule has 0 atom stereocenters. The van der Waals surface area contributed by atoms with Gasteiger partial charge in [0.2, 0.25) is 0 Å². The number of thiocarbonyl (C=S) groups is 1. The highest BCUT2D eigenvalue weighted by molar-refractivity contribution is 7.80. The molecule has 26 heavy (non-hydrogen) atoms. The van der Waals surface area contributed by atoms with Gasteiger partial charge in [-0.25, -0.2) is 0 Å². The monoisotopic (exact) mass is 482 g/mol. The Kier molecular flexibility index (Phi) is 6.19. The summed E-state index contributed by atoms with van der Waals surface area (Å²) in [5, 5.41) is 7.93. The second-order valence-corrected chi connectivity index (χ2v) is 8.56. The summed E-state index contributed by atoms with van der Waals surface area (Å²) < 4.78 is 0.801. The van der Waals surface area contributed by atoms with Crippen molar-refractivity contribution in [3.05, 3.63) is 60.3 Å². The van der Waals surface area contributed by atoms with Crippen molar-refractivity contribution in [2.45, 2.75) is 0 Å². The second kappa shape index (κ2) is 8.07. The number of benzene rings is 2. The lowest BCUT2D eigenvalue weighted by Crippen LogP contribution is -2.34. The van der Waals surface area contributed by atoms with Gasteiger partial charge in [-0.15, -0.1) is 11.3 Å². The Labute approximate surface area is 183 Å². The van der Waals surface area contributed by atoms with Gasteiger partial charge < -0.3 is 5.32 Å². The predicted molar refractivity (Wildman–Crippen MR) is 117 cm³/mol. The van der Waals surface area contributed by atoms with E-state index in [1.54, 1.807) is 18.2 Å². The fraction of sp³-hybridized carbons (Fsp3) is 0. The average Bonchev–Trinajstić information content (AvgIpc) is 2.87. The zero-order valence-electron chi connectivity index (χ0n) is 12.5. The van der Waals surface area contributed by atoms with Crippen molar-refractivity contribution >= 4 is 108 Å². The predicted octanol–water partition coefficient (Wildman–Crippen LogP) is 7.30. The zero-order chi connectivity index (χ0) is 19.0. The van der Waals surface area contributed by atoms with Gasteiger partial charge in [-0.2, -0.15) is 0 Å². The first-order valence-electron chi connectivity index (χ1n) is 6.90. The third-order valence-corrected chi connectivity index (χ3v) is 6.18. The molecule has 0 fully saturated rings. The van der Waals surface area contributed by atoms with Gasteiger partial charge in [0.25, 0.3) is 5.91 Å². The maximum atomic E-state index is 12.5. The van der Waals surface area contributed by atoms with E-state index in [9.17, 15) is 4.79 Å². The van der Waals surface area contributed by atoms with Gasteiger partial charge in [-0.3, -0.25) is 10.1 Å². The Morgan fingerprint density at radius 3 is 2.27 bits per heavy atom. The molecular weight excluding hydrogens is 478 g/mol. The molecule has 0 spiro atoms. The lowest BCUT2D eigenvalue weighted by molar-refractivity contribution is 0.0982. The molecule has 0 radical (unpaired) electrons. The lowest BCUT2D eigenvalue weighted by atomic mass is 10.2. The van der Waals surface area contributed by atoms with E-state index in [2.05, 4.69) is 10.6 Å². The molecule has 134 valence electrons. The van der Waals surface area contributed by atoms with E-state index in [0.29, 0.717) is 25.6 Å². The van der Waals surface area contributed by atoms with Gasteiger partial charge in [0.15, 0.2) is 5.11 Å². The lowest BCUT2D eigenvalue weighted by Gasteiger charge is -2.12. The van der Waals surface area contributed by atoms with Crippen LogP contribution < -0.4 is 10.6 Å². The van der Waals surface area contributed by atoms with E-state index in [1.165, 1.54) is 23.5 Å². The molecule has 3 nitrogen and oxygen atoms in total. The molecule has 3 aromatic rings. The molecule has 3 rings (SSSR count). The van der Waals surface area contributed by atoms with E-state index in [1.807, 2.05) is 0 Å². The van der Waals surface area contributed by atoms with E-state index in [-0.39, 0.29) is 15.2 Å². The Morgan fingerprint density at radius 1 is 0.962 bits per heavy atom. The summed E-state index contributed by atoms with van der Waals surface area (Å²) in [6, 6.07) is 8.23. The Morgan fingerprint density at radius 2 is 1.62 bits per heavy atom. The molecule has 0 bridgehead atoms. The van der Waals surface area contributed by atoms with Crippen LogP contribution in [0.5, 0.6) is 0 Å². The first kappa shape index (κ1) is 20.0. The molecule has 2 aromatic carbocycles. The molecule has 10 heteroatoms. The minimum Gasteiger partial charge on any atom is -0.330 e. The van der Waals surface area contributed by atoms with Crippen LogP contribution in [0.2, 0.25) is 25.1 Å². The average molecular weight is 485 g/mol. The third kappa shape index (κ3) is 4.20. The summed E-state index contributed by atoms with van der Waals surface area (Å²) >= 11 is 36.7. The number of rotatable bonds is 2. The van der Waals surface area contributed by atoms with Crippen LogP contribution in [0.25, 0.3) is 10.1 Å². The number of anilines is 1. The molecule has 0 saturated heterocycles. The highest BCUT2D eigenvalue weighted by Gasteiger charge is 2.19. The summed E-state index contributed by atoms with van der Waals surface area (Å²) in [7, 11) is 0. The fourth-order valence-corrected chi connectivity index (χ4v) is 4.95. The maximum absolute atomic E-state index is 12.5. The van der Waals surface area contributed by atoms with Crippen molar-refractivity contribution in [3.63, 3.8) is 0 Å². The summed E-state index contributed by atoms with van der Waals surface area (Å²) in [5.74, 6) is -0.453. The van der Waals surface area contributed by atoms with E-state index < -0.39 is 5.91 Å². The Hall–Kier alpha value is -0.790. The number of hydrogen-bond acceptors (Lipinski definition) is 3. The van der Waals surface area contributed by atoms with Crippen LogP contribution in [0.15, 0.2) is 30.3 Å². The zero-order valence-corrected chi connectivity index (χ0v) is 17.9. The van der Waals surface area contributed by atoms with Gasteiger partial charge in [-0.05, 0) is 36.5 Å². The van der Waals surface area contributed by atoms with Crippen LogP contribution in [0.3, 0.4) is 0 Å². The molecule has 2 N–H and O–H groups in total. The number of amides is 1. The molecule has 0 aliphatic rings. The fourth-order valence-electron chi connectivity index (χ4n) is 2.15. The highest BCUT2D eigenvalue weighted by atomic mass is 35.5. The van der Waals surface area contributed by atoms with Crippen LogP contribution in [-0.4, -0.2) is 11.0 Å². The molecule has 1 heterocycles. The number of hydrogen-bond donors (Lipinski definition) is 2. The Balaban J connectivity index is 1.80.